The van der Waals surface area contributed by atoms with Crippen LogP contribution < -0.4 is 0 Å². The zero-order valence-electron chi connectivity index (χ0n) is 8.42. The Morgan fingerprint density at radius 2 is 2.23 bits per heavy atom. The van der Waals surface area contributed by atoms with Gasteiger partial charge in [-0.3, -0.25) is 4.79 Å². The van der Waals surface area contributed by atoms with Gasteiger partial charge in [-0.15, -0.1) is 0 Å². The highest BCUT2D eigenvalue weighted by atomic mass is 16.1. The first-order valence-electron chi connectivity index (χ1n) is 4.57. The first kappa shape index (κ1) is 9.98. The van der Waals surface area contributed by atoms with Crippen molar-refractivity contribution in [1.29, 1.82) is 5.26 Å². The molecule has 1 unspecified atom stereocenters. The maximum Gasteiger partial charge on any atom is 0.137 e. The summed E-state index contributed by atoms with van der Waals surface area (Å²) >= 11 is 0. The van der Waals surface area contributed by atoms with E-state index in [1.54, 1.807) is 0 Å². The first-order chi connectivity index (χ1) is 5.97. The van der Waals surface area contributed by atoms with Crippen molar-refractivity contribution < 1.29 is 4.79 Å². The van der Waals surface area contributed by atoms with E-state index in [0.717, 1.165) is 0 Å². The molecule has 0 spiro atoms. The number of nitrogens with zero attached hydrogens (tertiary/aromatic N) is 1. The topological polar surface area (TPSA) is 40.9 Å². The predicted molar refractivity (Wildman–Crippen MR) is 50.9 cm³/mol. The van der Waals surface area contributed by atoms with Crippen LogP contribution in [-0.2, 0) is 4.79 Å². The molecule has 70 valence electrons. The van der Waals surface area contributed by atoms with Gasteiger partial charge in [-0.05, 0) is 20.8 Å². The van der Waals surface area contributed by atoms with Gasteiger partial charge in [0.2, 0.25) is 0 Å². The van der Waals surface area contributed by atoms with Crippen molar-refractivity contribution in [2.45, 2.75) is 33.6 Å². The summed E-state index contributed by atoms with van der Waals surface area (Å²) < 4.78 is 0. The number of carbonyl (C=O) groups excluding carboxylic acids is 1. The van der Waals surface area contributed by atoms with Crippen LogP contribution in [0.2, 0.25) is 0 Å². The van der Waals surface area contributed by atoms with E-state index < -0.39 is 5.41 Å². The van der Waals surface area contributed by atoms with Crippen LogP contribution >= 0.6 is 0 Å². The molecule has 0 saturated carbocycles. The molecule has 1 aliphatic rings. The molecule has 13 heavy (non-hydrogen) atoms. The van der Waals surface area contributed by atoms with E-state index in [1.807, 2.05) is 26.8 Å². The minimum Gasteiger partial charge on any atom is -0.299 e. The van der Waals surface area contributed by atoms with Crippen LogP contribution in [-0.4, -0.2) is 5.78 Å². The summed E-state index contributed by atoms with van der Waals surface area (Å²) in [7, 11) is 0. The zero-order valence-corrected chi connectivity index (χ0v) is 8.42. The van der Waals surface area contributed by atoms with E-state index in [2.05, 4.69) is 6.07 Å². The molecule has 1 atom stereocenters. The summed E-state index contributed by atoms with van der Waals surface area (Å²) in [5, 5.41) is 8.96. The van der Waals surface area contributed by atoms with E-state index in [-0.39, 0.29) is 11.7 Å². The summed E-state index contributed by atoms with van der Waals surface area (Å²) in [5.41, 5.74) is 0.766. The van der Waals surface area contributed by atoms with Gasteiger partial charge in [0.05, 0.1) is 11.5 Å². The normalized spacial score (nSPS) is 23.7. The Morgan fingerprint density at radius 3 is 2.77 bits per heavy atom. The fourth-order valence-corrected chi connectivity index (χ4v) is 1.79. The maximum absolute atomic E-state index is 11.2. The smallest absolute Gasteiger partial charge is 0.137 e. The fourth-order valence-electron chi connectivity index (χ4n) is 1.79. The van der Waals surface area contributed by atoms with E-state index in [1.165, 1.54) is 5.57 Å². The predicted octanol–water partition coefficient (Wildman–Crippen LogP) is 2.46. The second kappa shape index (κ2) is 3.33. The van der Waals surface area contributed by atoms with E-state index in [0.29, 0.717) is 12.8 Å². The van der Waals surface area contributed by atoms with Crippen molar-refractivity contribution in [3.63, 3.8) is 0 Å². The highest BCUT2D eigenvalue weighted by Crippen LogP contribution is 2.37. The molecule has 1 rings (SSSR count). The molecule has 0 N–H and O–H groups in total. The molecule has 0 saturated heterocycles. The minimum atomic E-state index is -0.420. The number of Topliss-reactive ketones (excluding diaryl/α,β-unsaturated/α-hetero) is 1. The molecule has 1 aliphatic carbocycles. The summed E-state index contributed by atoms with van der Waals surface area (Å²) in [6.07, 6.45) is 3.03. The van der Waals surface area contributed by atoms with Crippen molar-refractivity contribution >= 4 is 5.78 Å². The summed E-state index contributed by atoms with van der Waals surface area (Å²) in [6.45, 7) is 5.80. The quantitative estimate of drug-likeness (QED) is 0.577. The second-order valence-electron chi connectivity index (χ2n) is 4.28. The fraction of sp³-hybridized carbons (Fsp3) is 0.636. The molecule has 2 heteroatoms. The summed E-state index contributed by atoms with van der Waals surface area (Å²) in [5.74, 6) is 0.359. The van der Waals surface area contributed by atoms with Crippen molar-refractivity contribution in [2.24, 2.45) is 11.3 Å². The third kappa shape index (κ3) is 1.98. The number of nitriles is 1. The second-order valence-corrected chi connectivity index (χ2v) is 4.28. The molecule has 0 aliphatic heterocycles. The van der Waals surface area contributed by atoms with Crippen molar-refractivity contribution in [2.75, 3.05) is 0 Å². The third-order valence-electron chi connectivity index (χ3n) is 2.79. The molecule has 0 bridgehead atoms. The Kier molecular flexibility index (Phi) is 2.56. The number of carbonyl (C=O) groups is 1. The lowest BCUT2D eigenvalue weighted by Crippen LogP contribution is -2.28. The molecule has 0 radical (unpaired) electrons. The SMILES string of the molecule is CC1=CCC(=O)CC1C(C)(C)C#N. The van der Waals surface area contributed by atoms with Crippen LogP contribution in [0.3, 0.4) is 0 Å². The van der Waals surface area contributed by atoms with Crippen molar-refractivity contribution in [1.82, 2.24) is 0 Å². The molecule has 0 aromatic carbocycles. The highest BCUT2D eigenvalue weighted by molar-refractivity contribution is 5.82. The van der Waals surface area contributed by atoms with Crippen LogP contribution in [0.25, 0.3) is 0 Å². The van der Waals surface area contributed by atoms with Crippen LogP contribution in [0.1, 0.15) is 33.6 Å². The zero-order chi connectivity index (χ0) is 10.1. The molecule has 0 aromatic rings. The Hall–Kier alpha value is -1.10. The Labute approximate surface area is 79.2 Å². The van der Waals surface area contributed by atoms with Gasteiger partial charge in [0.15, 0.2) is 0 Å². The van der Waals surface area contributed by atoms with Gasteiger partial charge >= 0.3 is 0 Å². The maximum atomic E-state index is 11.2. The van der Waals surface area contributed by atoms with Crippen LogP contribution in [0.15, 0.2) is 11.6 Å². The Balaban J connectivity index is 2.93. The van der Waals surface area contributed by atoms with Gasteiger partial charge in [0.1, 0.15) is 5.78 Å². The number of allylic oxidation sites excluding steroid dienone is 2. The van der Waals surface area contributed by atoms with Crippen molar-refractivity contribution in [3.05, 3.63) is 11.6 Å². The molecule has 2 nitrogen and oxygen atoms in total. The van der Waals surface area contributed by atoms with E-state index >= 15 is 0 Å². The molecule has 0 heterocycles. The van der Waals surface area contributed by atoms with Gasteiger partial charge in [0, 0.05) is 18.8 Å². The van der Waals surface area contributed by atoms with Gasteiger partial charge < -0.3 is 0 Å². The Morgan fingerprint density at radius 1 is 1.62 bits per heavy atom. The lowest BCUT2D eigenvalue weighted by molar-refractivity contribution is -0.119. The highest BCUT2D eigenvalue weighted by Gasteiger charge is 2.33. The largest absolute Gasteiger partial charge is 0.299 e. The Bertz CT molecular complexity index is 294. The minimum absolute atomic E-state index is 0.110. The van der Waals surface area contributed by atoms with Crippen LogP contribution in [0.4, 0.5) is 0 Å². The summed E-state index contributed by atoms with van der Waals surface area (Å²) in [6, 6.07) is 2.27. The molecule has 0 aromatic heterocycles. The molecule has 0 amide bonds. The number of ketones is 1. The summed E-state index contributed by atoms with van der Waals surface area (Å²) in [4.78, 5) is 11.2. The van der Waals surface area contributed by atoms with Gasteiger partial charge in [-0.25, -0.2) is 0 Å². The molecular formula is C11H15NO. The van der Waals surface area contributed by atoms with Gasteiger partial charge in [0.25, 0.3) is 0 Å². The van der Waals surface area contributed by atoms with Gasteiger partial charge in [-0.1, -0.05) is 11.6 Å². The number of hydrogen-bond donors (Lipinski definition) is 0. The molecule has 0 fully saturated rings. The molecular weight excluding hydrogens is 162 g/mol. The number of hydrogen-bond acceptors (Lipinski definition) is 2. The lowest BCUT2D eigenvalue weighted by Gasteiger charge is -2.30. The van der Waals surface area contributed by atoms with Gasteiger partial charge in [-0.2, -0.15) is 5.26 Å². The average molecular weight is 177 g/mol. The standard InChI is InChI=1S/C11H15NO/c1-8-4-5-9(13)6-10(8)11(2,3)7-12/h4,10H,5-6H2,1-3H3. The van der Waals surface area contributed by atoms with E-state index in [9.17, 15) is 4.79 Å². The monoisotopic (exact) mass is 177 g/mol. The average Bonchev–Trinajstić information content (AvgIpc) is 2.09. The lowest BCUT2D eigenvalue weighted by atomic mass is 9.71. The first-order valence-corrected chi connectivity index (χ1v) is 4.57. The van der Waals surface area contributed by atoms with E-state index in [4.69, 9.17) is 5.26 Å². The van der Waals surface area contributed by atoms with Crippen molar-refractivity contribution in [3.8, 4) is 6.07 Å². The number of rotatable bonds is 1. The van der Waals surface area contributed by atoms with Crippen LogP contribution in [0.5, 0.6) is 0 Å². The third-order valence-corrected chi connectivity index (χ3v) is 2.79. The van der Waals surface area contributed by atoms with Crippen LogP contribution in [0, 0.1) is 22.7 Å².